The first kappa shape index (κ1) is 14.3. The summed E-state index contributed by atoms with van der Waals surface area (Å²) in [7, 11) is 0. The fraction of sp³-hybridized carbons (Fsp3) is 0.333. The van der Waals surface area contributed by atoms with Gasteiger partial charge in [0.25, 0.3) is 0 Å². The number of hydrogen-bond donors (Lipinski definition) is 2. The molecule has 19 heavy (non-hydrogen) atoms. The molecule has 5 nitrogen and oxygen atoms in total. The monoisotopic (exact) mass is 390 g/mol. The molecule has 1 atom stereocenters. The van der Waals surface area contributed by atoms with Crippen molar-refractivity contribution in [2.45, 2.75) is 6.42 Å². The third kappa shape index (κ3) is 3.48. The van der Waals surface area contributed by atoms with Crippen LogP contribution in [0.25, 0.3) is 0 Å². The van der Waals surface area contributed by atoms with Crippen LogP contribution in [0.4, 0.5) is 10.5 Å². The van der Waals surface area contributed by atoms with E-state index in [1.54, 1.807) is 6.07 Å². The van der Waals surface area contributed by atoms with Crippen LogP contribution in [0.3, 0.4) is 0 Å². The third-order valence-electron chi connectivity index (χ3n) is 2.99. The number of likely N-dealkylation sites (tertiary alicyclic amines) is 1. The molecular formula is C12H12Br2N2O3. The molecule has 7 heteroatoms. The predicted octanol–water partition coefficient (Wildman–Crippen LogP) is 3.15. The normalized spacial score (nSPS) is 18.4. The minimum Gasteiger partial charge on any atom is -0.481 e. The number of amides is 2. The van der Waals surface area contributed by atoms with E-state index < -0.39 is 11.9 Å². The van der Waals surface area contributed by atoms with Gasteiger partial charge in [0, 0.05) is 22.0 Å². The third-order valence-corrected chi connectivity index (χ3v) is 4.18. The summed E-state index contributed by atoms with van der Waals surface area (Å²) in [5, 5.41) is 11.7. The Morgan fingerprint density at radius 1 is 1.37 bits per heavy atom. The van der Waals surface area contributed by atoms with Crippen LogP contribution >= 0.6 is 31.9 Å². The van der Waals surface area contributed by atoms with Gasteiger partial charge in [-0.15, -0.1) is 0 Å². The molecule has 2 rings (SSSR count). The number of hydrogen-bond acceptors (Lipinski definition) is 2. The second-order valence-corrected chi connectivity index (χ2v) is 6.09. The summed E-state index contributed by atoms with van der Waals surface area (Å²) in [6, 6.07) is 5.19. The smallest absolute Gasteiger partial charge is 0.321 e. The molecule has 0 spiro atoms. The number of anilines is 1. The molecule has 1 saturated heterocycles. The first-order valence-corrected chi connectivity index (χ1v) is 7.30. The van der Waals surface area contributed by atoms with Crippen molar-refractivity contribution in [3.8, 4) is 0 Å². The van der Waals surface area contributed by atoms with Crippen LogP contribution in [0.5, 0.6) is 0 Å². The highest BCUT2D eigenvalue weighted by atomic mass is 79.9. The molecule has 102 valence electrons. The van der Waals surface area contributed by atoms with Crippen molar-refractivity contribution in [3.05, 3.63) is 27.1 Å². The highest BCUT2D eigenvalue weighted by molar-refractivity contribution is 9.11. The molecule has 0 saturated carbocycles. The maximum atomic E-state index is 12.0. The van der Waals surface area contributed by atoms with Gasteiger partial charge in [0.05, 0.1) is 11.6 Å². The van der Waals surface area contributed by atoms with Gasteiger partial charge < -0.3 is 15.3 Å². The fourth-order valence-corrected chi connectivity index (χ4v) is 2.64. The largest absolute Gasteiger partial charge is 0.481 e. The van der Waals surface area contributed by atoms with Gasteiger partial charge in [0.1, 0.15) is 0 Å². The molecule has 0 aromatic heterocycles. The number of aliphatic carboxylic acids is 1. The minimum atomic E-state index is -0.848. The fourth-order valence-electron chi connectivity index (χ4n) is 1.93. The van der Waals surface area contributed by atoms with E-state index in [0.717, 1.165) is 8.95 Å². The number of nitrogens with one attached hydrogen (secondary N) is 1. The van der Waals surface area contributed by atoms with Crippen LogP contribution in [0.15, 0.2) is 27.1 Å². The Bertz CT molecular complexity index is 522. The number of carbonyl (C=O) groups excluding carboxylic acids is 1. The van der Waals surface area contributed by atoms with Gasteiger partial charge in [0.15, 0.2) is 0 Å². The van der Waals surface area contributed by atoms with Gasteiger partial charge >= 0.3 is 12.0 Å². The average molecular weight is 392 g/mol. The van der Waals surface area contributed by atoms with Crippen molar-refractivity contribution in [2.24, 2.45) is 5.92 Å². The predicted molar refractivity (Wildman–Crippen MR) is 78.2 cm³/mol. The van der Waals surface area contributed by atoms with E-state index in [1.807, 2.05) is 12.1 Å². The van der Waals surface area contributed by atoms with Crippen molar-refractivity contribution < 1.29 is 14.7 Å². The molecule has 0 bridgehead atoms. The number of rotatable bonds is 2. The zero-order valence-corrected chi connectivity index (χ0v) is 13.1. The highest BCUT2D eigenvalue weighted by Gasteiger charge is 2.30. The number of carbonyl (C=O) groups is 2. The molecule has 0 radical (unpaired) electrons. The van der Waals surface area contributed by atoms with Crippen LogP contribution in [0, 0.1) is 5.92 Å². The number of carboxylic acid groups (broad SMARTS) is 1. The number of nitrogens with zero attached hydrogens (tertiary/aromatic N) is 1. The van der Waals surface area contributed by atoms with Crippen LogP contribution in [0.1, 0.15) is 6.42 Å². The van der Waals surface area contributed by atoms with Gasteiger partial charge in [0.2, 0.25) is 0 Å². The standard InChI is InChI=1S/C12H12Br2N2O3/c13-8-1-2-9(14)10(5-8)15-12(19)16-4-3-7(6-16)11(17)18/h1-2,5,7H,3-4,6H2,(H,15,19)(H,17,18). The number of carboxylic acids is 1. The lowest BCUT2D eigenvalue weighted by atomic mass is 10.1. The van der Waals surface area contributed by atoms with Crippen molar-refractivity contribution in [1.82, 2.24) is 4.90 Å². The summed E-state index contributed by atoms with van der Waals surface area (Å²) < 4.78 is 1.63. The van der Waals surface area contributed by atoms with E-state index in [2.05, 4.69) is 37.2 Å². The van der Waals surface area contributed by atoms with E-state index in [0.29, 0.717) is 18.7 Å². The Hall–Kier alpha value is -1.08. The minimum absolute atomic E-state index is 0.257. The Morgan fingerprint density at radius 2 is 2.11 bits per heavy atom. The van der Waals surface area contributed by atoms with Crippen LogP contribution < -0.4 is 5.32 Å². The van der Waals surface area contributed by atoms with Crippen molar-refractivity contribution in [2.75, 3.05) is 18.4 Å². The zero-order valence-electron chi connectivity index (χ0n) is 9.90. The number of benzene rings is 1. The molecule has 1 aliphatic heterocycles. The lowest BCUT2D eigenvalue weighted by molar-refractivity contribution is -0.141. The van der Waals surface area contributed by atoms with E-state index >= 15 is 0 Å². The summed E-state index contributed by atoms with van der Waals surface area (Å²) in [6.07, 6.45) is 0.502. The lowest BCUT2D eigenvalue weighted by Crippen LogP contribution is -2.33. The second-order valence-electron chi connectivity index (χ2n) is 4.32. The average Bonchev–Trinajstić information content (AvgIpc) is 2.83. The summed E-state index contributed by atoms with van der Waals surface area (Å²) in [4.78, 5) is 24.4. The zero-order chi connectivity index (χ0) is 14.0. The summed E-state index contributed by atoms with van der Waals surface area (Å²) in [6.45, 7) is 0.723. The summed E-state index contributed by atoms with van der Waals surface area (Å²) in [5.74, 6) is -1.31. The molecule has 1 unspecified atom stereocenters. The molecule has 2 N–H and O–H groups in total. The second kappa shape index (κ2) is 5.92. The molecular weight excluding hydrogens is 380 g/mol. The van der Waals surface area contributed by atoms with Crippen LogP contribution in [-0.2, 0) is 4.79 Å². The van der Waals surface area contributed by atoms with E-state index in [9.17, 15) is 9.59 Å². The first-order chi connectivity index (χ1) is 8.97. The maximum Gasteiger partial charge on any atom is 0.321 e. The summed E-state index contributed by atoms with van der Waals surface area (Å²) >= 11 is 6.69. The maximum absolute atomic E-state index is 12.0. The Kier molecular flexibility index (Phi) is 4.46. The van der Waals surface area contributed by atoms with Gasteiger partial charge in [-0.05, 0) is 40.5 Å². The number of urea groups is 1. The Labute approximate surface area is 127 Å². The Balaban J connectivity index is 2.02. The SMILES string of the molecule is O=C(O)C1CCN(C(=O)Nc2cc(Br)ccc2Br)C1. The number of halogens is 2. The Morgan fingerprint density at radius 3 is 2.74 bits per heavy atom. The van der Waals surface area contributed by atoms with Crippen LogP contribution in [0.2, 0.25) is 0 Å². The van der Waals surface area contributed by atoms with Gasteiger partial charge in [-0.3, -0.25) is 4.79 Å². The molecule has 1 heterocycles. The van der Waals surface area contributed by atoms with Crippen LogP contribution in [-0.4, -0.2) is 35.1 Å². The molecule has 1 aliphatic rings. The molecule has 1 aromatic carbocycles. The van der Waals surface area contributed by atoms with Crippen molar-refractivity contribution in [1.29, 1.82) is 0 Å². The van der Waals surface area contributed by atoms with E-state index in [4.69, 9.17) is 5.11 Å². The summed E-state index contributed by atoms with van der Waals surface area (Å²) in [5.41, 5.74) is 0.651. The first-order valence-electron chi connectivity index (χ1n) is 5.71. The molecule has 1 aromatic rings. The quantitative estimate of drug-likeness (QED) is 0.813. The topological polar surface area (TPSA) is 69.6 Å². The van der Waals surface area contributed by atoms with Gasteiger partial charge in [-0.25, -0.2) is 4.79 Å². The van der Waals surface area contributed by atoms with Crippen molar-refractivity contribution >= 4 is 49.5 Å². The molecule has 0 aliphatic carbocycles. The highest BCUT2D eigenvalue weighted by Crippen LogP contribution is 2.27. The van der Waals surface area contributed by atoms with E-state index in [1.165, 1.54) is 4.90 Å². The van der Waals surface area contributed by atoms with Crippen molar-refractivity contribution in [3.63, 3.8) is 0 Å². The van der Waals surface area contributed by atoms with Gasteiger partial charge in [-0.1, -0.05) is 15.9 Å². The molecule has 1 fully saturated rings. The van der Waals surface area contributed by atoms with E-state index in [-0.39, 0.29) is 12.6 Å². The lowest BCUT2D eigenvalue weighted by Gasteiger charge is -2.17. The molecule has 2 amide bonds. The van der Waals surface area contributed by atoms with Gasteiger partial charge in [-0.2, -0.15) is 0 Å².